The van der Waals surface area contributed by atoms with Crippen molar-refractivity contribution in [3.63, 3.8) is 0 Å². The van der Waals surface area contributed by atoms with Crippen LogP contribution in [-0.2, 0) is 4.74 Å². The Bertz CT molecular complexity index is 408. The second-order valence-electron chi connectivity index (χ2n) is 5.48. The van der Waals surface area contributed by atoms with Crippen molar-refractivity contribution < 1.29 is 4.74 Å². The first-order chi connectivity index (χ1) is 8.92. The van der Waals surface area contributed by atoms with Gasteiger partial charge in [-0.2, -0.15) is 0 Å². The topological polar surface area (TPSA) is 41.5 Å². The number of rotatable bonds is 2. The van der Waals surface area contributed by atoms with Crippen molar-refractivity contribution in [2.24, 2.45) is 0 Å². The molecule has 2 atom stereocenters. The number of hydrogen-bond donors (Lipinski definition) is 0. The summed E-state index contributed by atoms with van der Waals surface area (Å²) in [6, 6.07) is 3.88. The van der Waals surface area contributed by atoms with E-state index < -0.39 is 0 Å². The van der Waals surface area contributed by atoms with Crippen molar-refractivity contribution in [3.05, 3.63) is 18.5 Å². The van der Waals surface area contributed by atoms with E-state index in [1.165, 1.54) is 12.8 Å². The van der Waals surface area contributed by atoms with Crippen LogP contribution in [0.1, 0.15) is 12.8 Å². The van der Waals surface area contributed by atoms with E-state index in [-0.39, 0.29) is 0 Å². The number of nitrogens with zero attached hydrogens (tertiary/aromatic N) is 4. The highest BCUT2D eigenvalue weighted by Gasteiger charge is 2.45. The number of hydrogen-bond acceptors (Lipinski definition) is 5. The number of anilines is 1. The van der Waals surface area contributed by atoms with Crippen molar-refractivity contribution in [2.75, 3.05) is 31.2 Å². The molecule has 2 bridgehead atoms. The van der Waals surface area contributed by atoms with Gasteiger partial charge in [0.15, 0.2) is 0 Å². The van der Waals surface area contributed by atoms with Gasteiger partial charge in [-0.05, 0) is 18.9 Å². The van der Waals surface area contributed by atoms with Gasteiger partial charge in [0.1, 0.15) is 0 Å². The van der Waals surface area contributed by atoms with E-state index in [0.29, 0.717) is 18.1 Å². The second-order valence-corrected chi connectivity index (χ2v) is 5.48. The quantitative estimate of drug-likeness (QED) is 0.761. The molecule has 0 spiro atoms. The fraction of sp³-hybridized carbons (Fsp3) is 0.692. The Kier molecular flexibility index (Phi) is 2.48. The lowest BCUT2D eigenvalue weighted by Crippen LogP contribution is -2.62. The highest BCUT2D eigenvalue weighted by atomic mass is 16.5. The van der Waals surface area contributed by atoms with Crippen LogP contribution in [0.5, 0.6) is 0 Å². The lowest BCUT2D eigenvalue weighted by Gasteiger charge is -2.47. The molecule has 2 unspecified atom stereocenters. The Morgan fingerprint density at radius 2 is 1.67 bits per heavy atom. The van der Waals surface area contributed by atoms with Gasteiger partial charge in [0.05, 0.1) is 19.3 Å². The molecule has 0 saturated carbocycles. The summed E-state index contributed by atoms with van der Waals surface area (Å²) in [5.74, 6) is 0.888. The largest absolute Gasteiger partial charge is 0.378 e. The van der Waals surface area contributed by atoms with Gasteiger partial charge in [0, 0.05) is 37.6 Å². The van der Waals surface area contributed by atoms with Crippen LogP contribution in [0.15, 0.2) is 18.5 Å². The first-order valence-electron chi connectivity index (χ1n) is 6.79. The molecule has 3 aliphatic rings. The molecule has 5 heteroatoms. The van der Waals surface area contributed by atoms with Gasteiger partial charge >= 0.3 is 0 Å². The zero-order chi connectivity index (χ0) is 11.9. The van der Waals surface area contributed by atoms with Gasteiger partial charge in [-0.15, -0.1) is 0 Å². The van der Waals surface area contributed by atoms with Crippen LogP contribution in [0.3, 0.4) is 0 Å². The molecule has 1 aromatic heterocycles. The maximum atomic E-state index is 5.34. The highest BCUT2D eigenvalue weighted by molar-refractivity contribution is 5.32. The minimum absolute atomic E-state index is 0.668. The third-order valence-corrected chi connectivity index (χ3v) is 4.42. The van der Waals surface area contributed by atoms with Crippen LogP contribution in [0.25, 0.3) is 0 Å². The van der Waals surface area contributed by atoms with Gasteiger partial charge in [0.2, 0.25) is 5.95 Å². The summed E-state index contributed by atoms with van der Waals surface area (Å²) in [5, 5.41) is 0. The number of ether oxygens (including phenoxy) is 1. The molecule has 0 aliphatic carbocycles. The van der Waals surface area contributed by atoms with E-state index in [2.05, 4.69) is 19.8 Å². The van der Waals surface area contributed by atoms with E-state index >= 15 is 0 Å². The van der Waals surface area contributed by atoms with Crippen molar-refractivity contribution in [1.82, 2.24) is 14.9 Å². The molecular formula is C13H18N4O. The van der Waals surface area contributed by atoms with Crippen molar-refractivity contribution >= 4 is 5.95 Å². The first kappa shape index (κ1) is 10.7. The Balaban J connectivity index is 1.53. The molecule has 0 radical (unpaired) electrons. The van der Waals surface area contributed by atoms with Crippen LogP contribution in [0, 0.1) is 0 Å². The minimum atomic E-state index is 0.668. The fourth-order valence-electron chi connectivity index (χ4n) is 3.55. The smallest absolute Gasteiger partial charge is 0.225 e. The van der Waals surface area contributed by atoms with E-state index in [0.717, 1.165) is 32.3 Å². The average molecular weight is 246 g/mol. The Morgan fingerprint density at radius 3 is 2.22 bits per heavy atom. The molecule has 1 aromatic rings. The number of aromatic nitrogens is 2. The van der Waals surface area contributed by atoms with Crippen LogP contribution >= 0.6 is 0 Å². The Labute approximate surface area is 107 Å². The lowest BCUT2D eigenvalue weighted by molar-refractivity contribution is -0.0851. The third kappa shape index (κ3) is 1.61. The third-order valence-electron chi connectivity index (χ3n) is 4.42. The summed E-state index contributed by atoms with van der Waals surface area (Å²) in [7, 11) is 0. The van der Waals surface area contributed by atoms with Gasteiger partial charge < -0.3 is 9.64 Å². The monoisotopic (exact) mass is 246 g/mol. The standard InChI is InChI=1S/C13H18N4O/c1-4-14-13(15-5-1)16-6-10-2-3-11(7-16)17(10)12-8-18-9-12/h1,4-5,10-12H,2-3,6-9H2. The second kappa shape index (κ2) is 4.17. The van der Waals surface area contributed by atoms with Crippen molar-refractivity contribution in [1.29, 1.82) is 0 Å². The summed E-state index contributed by atoms with van der Waals surface area (Å²) >= 11 is 0. The first-order valence-corrected chi connectivity index (χ1v) is 6.79. The normalized spacial score (nSPS) is 32.6. The zero-order valence-corrected chi connectivity index (χ0v) is 10.4. The van der Waals surface area contributed by atoms with Crippen molar-refractivity contribution in [2.45, 2.75) is 31.0 Å². The predicted molar refractivity (Wildman–Crippen MR) is 67.5 cm³/mol. The van der Waals surface area contributed by atoms with Crippen LogP contribution in [0.4, 0.5) is 5.95 Å². The van der Waals surface area contributed by atoms with E-state index in [9.17, 15) is 0 Å². The van der Waals surface area contributed by atoms with Crippen molar-refractivity contribution in [3.8, 4) is 0 Å². The maximum Gasteiger partial charge on any atom is 0.225 e. The maximum absolute atomic E-state index is 5.34. The number of piperazine rings is 1. The zero-order valence-electron chi connectivity index (χ0n) is 10.4. The average Bonchev–Trinajstić information content (AvgIpc) is 2.61. The molecule has 4 heterocycles. The molecule has 18 heavy (non-hydrogen) atoms. The molecule has 3 saturated heterocycles. The van der Waals surface area contributed by atoms with Crippen LogP contribution in [-0.4, -0.2) is 59.3 Å². The van der Waals surface area contributed by atoms with Gasteiger partial charge in [0.25, 0.3) is 0 Å². The molecule has 96 valence electrons. The summed E-state index contributed by atoms with van der Waals surface area (Å²) in [5.41, 5.74) is 0. The SMILES string of the molecule is c1cnc(N2CC3CCC(C2)N3C2COC2)nc1. The van der Waals surface area contributed by atoms with E-state index in [1.54, 1.807) is 0 Å². The van der Waals surface area contributed by atoms with Gasteiger partial charge in [-0.1, -0.05) is 0 Å². The predicted octanol–water partition coefficient (Wildman–Crippen LogP) is 0.528. The molecule has 4 rings (SSSR count). The highest BCUT2D eigenvalue weighted by Crippen LogP contribution is 2.34. The summed E-state index contributed by atoms with van der Waals surface area (Å²) in [6.45, 7) is 3.98. The van der Waals surface area contributed by atoms with Gasteiger partial charge in [-0.3, -0.25) is 4.90 Å². The summed E-state index contributed by atoms with van der Waals surface area (Å²) < 4.78 is 5.34. The molecular weight excluding hydrogens is 228 g/mol. The summed E-state index contributed by atoms with van der Waals surface area (Å²) in [6.07, 6.45) is 6.28. The fourth-order valence-corrected chi connectivity index (χ4v) is 3.55. The van der Waals surface area contributed by atoms with Crippen LogP contribution in [0.2, 0.25) is 0 Å². The molecule has 3 fully saturated rings. The molecule has 0 aromatic carbocycles. The number of fused-ring (bicyclic) bond motifs is 2. The Hall–Kier alpha value is -1.20. The minimum Gasteiger partial charge on any atom is -0.378 e. The molecule has 3 aliphatic heterocycles. The summed E-state index contributed by atoms with van der Waals surface area (Å²) in [4.78, 5) is 13.8. The van der Waals surface area contributed by atoms with E-state index in [4.69, 9.17) is 4.74 Å². The molecule has 5 nitrogen and oxygen atoms in total. The van der Waals surface area contributed by atoms with E-state index in [1.807, 2.05) is 18.5 Å². The Morgan fingerprint density at radius 1 is 1.00 bits per heavy atom. The van der Waals surface area contributed by atoms with Gasteiger partial charge in [-0.25, -0.2) is 9.97 Å². The van der Waals surface area contributed by atoms with Crippen LogP contribution < -0.4 is 4.90 Å². The molecule has 0 amide bonds. The lowest BCUT2D eigenvalue weighted by atomic mass is 10.1. The molecule has 0 N–H and O–H groups in total.